The smallest absolute Gasteiger partial charge is 0.299 e. The van der Waals surface area contributed by atoms with Gasteiger partial charge in [0.1, 0.15) is 12.4 Å². The van der Waals surface area contributed by atoms with Crippen LogP contribution in [0.25, 0.3) is 0 Å². The molecule has 11 nitrogen and oxygen atoms in total. The van der Waals surface area contributed by atoms with E-state index in [1.165, 1.54) is 18.0 Å². The molecule has 1 atom stereocenters. The molecule has 45 heavy (non-hydrogen) atoms. The molecule has 1 aliphatic heterocycles. The Morgan fingerprint density at radius 1 is 1.20 bits per heavy atom. The molecular weight excluding hydrogens is 572 g/mol. The summed E-state index contributed by atoms with van der Waals surface area (Å²) in [6.07, 6.45) is 11.3. The molecule has 11 heteroatoms. The number of nitrogens with one attached hydrogen (secondary N) is 2. The standard InChI is InChI=1S/C32H48N6O5.C2H6/c1-7-18-38(31(40)26-13-10-14-27(22-26)42-24-28-15-11-21-41-28)32(34-6)43-29(8-2)30(39)36-25(4)23-35-16-12-19-37(9-3)20-17-33-5;1-2/h8,10,12-14,16,19,22-23,28,33H,7,9,11,15,17-18,20-21,24H2,1-6H3,(H,36,39);1-2H3/b19-12+,25-23+,29-8-,34-32?,35-16+;. The van der Waals surface area contributed by atoms with Gasteiger partial charge in [0.15, 0.2) is 5.76 Å². The maximum atomic E-state index is 13.6. The first-order chi connectivity index (χ1) is 21.9. The lowest BCUT2D eigenvalue weighted by Crippen LogP contribution is -2.40. The second-order valence-corrected chi connectivity index (χ2v) is 9.83. The molecule has 0 bridgehead atoms. The molecule has 1 saturated heterocycles. The van der Waals surface area contributed by atoms with Crippen LogP contribution < -0.4 is 15.4 Å². The monoisotopic (exact) mass is 626 g/mol. The van der Waals surface area contributed by atoms with Crippen molar-refractivity contribution < 1.29 is 23.8 Å². The first kappa shape index (κ1) is 39.1. The van der Waals surface area contributed by atoms with Crippen LogP contribution in [-0.2, 0) is 14.3 Å². The Hall–Kier alpha value is -3.96. The lowest BCUT2D eigenvalue weighted by molar-refractivity contribution is -0.119. The van der Waals surface area contributed by atoms with Crippen molar-refractivity contribution in [2.45, 2.75) is 66.9 Å². The van der Waals surface area contributed by atoms with Gasteiger partial charge in [-0.3, -0.25) is 19.5 Å². The van der Waals surface area contributed by atoms with Crippen LogP contribution in [-0.4, -0.2) is 93.4 Å². The molecule has 2 N–H and O–H groups in total. The van der Waals surface area contributed by atoms with E-state index in [1.54, 1.807) is 44.5 Å². The van der Waals surface area contributed by atoms with Crippen molar-refractivity contribution in [1.82, 2.24) is 20.4 Å². The fourth-order valence-electron chi connectivity index (χ4n) is 4.13. The predicted molar refractivity (Wildman–Crippen MR) is 182 cm³/mol. The van der Waals surface area contributed by atoms with Gasteiger partial charge in [0.05, 0.1) is 6.10 Å². The largest absolute Gasteiger partial charge is 0.491 e. The molecule has 0 saturated carbocycles. The minimum absolute atomic E-state index is 0.00268. The van der Waals surface area contributed by atoms with E-state index in [1.807, 2.05) is 46.2 Å². The van der Waals surface area contributed by atoms with E-state index >= 15 is 0 Å². The topological polar surface area (TPSA) is 117 Å². The molecule has 1 fully saturated rings. The second-order valence-electron chi connectivity index (χ2n) is 9.83. The average Bonchev–Trinajstić information content (AvgIpc) is 3.59. The number of carbonyl (C=O) groups is 2. The van der Waals surface area contributed by atoms with E-state index in [2.05, 4.69) is 32.4 Å². The molecule has 1 heterocycles. The molecule has 1 unspecified atom stereocenters. The van der Waals surface area contributed by atoms with E-state index in [-0.39, 0.29) is 23.8 Å². The van der Waals surface area contributed by atoms with Gasteiger partial charge in [-0.15, -0.1) is 0 Å². The van der Waals surface area contributed by atoms with Crippen LogP contribution in [0.5, 0.6) is 5.75 Å². The van der Waals surface area contributed by atoms with Gasteiger partial charge in [0.2, 0.25) is 0 Å². The third-order valence-corrected chi connectivity index (χ3v) is 6.45. The molecule has 2 amide bonds. The van der Waals surface area contributed by atoms with Crippen LogP contribution >= 0.6 is 0 Å². The van der Waals surface area contributed by atoms with E-state index in [9.17, 15) is 9.59 Å². The fraction of sp³-hybridized carbons (Fsp3) is 0.529. The Kier molecular flexibility index (Phi) is 20.3. The van der Waals surface area contributed by atoms with E-state index < -0.39 is 5.91 Å². The summed E-state index contributed by atoms with van der Waals surface area (Å²) in [5.74, 6) is -0.213. The summed E-state index contributed by atoms with van der Waals surface area (Å²) in [6.45, 7) is 15.7. The predicted octanol–water partition coefficient (Wildman–Crippen LogP) is 5.13. The molecule has 0 radical (unpaired) electrons. The lowest BCUT2D eigenvalue weighted by atomic mass is 10.2. The van der Waals surface area contributed by atoms with Gasteiger partial charge in [0, 0.05) is 69.7 Å². The third-order valence-electron chi connectivity index (χ3n) is 6.45. The zero-order chi connectivity index (χ0) is 33.5. The zero-order valence-electron chi connectivity index (χ0n) is 28.5. The Labute approximate surface area is 270 Å². The van der Waals surface area contributed by atoms with Gasteiger partial charge >= 0.3 is 0 Å². The minimum Gasteiger partial charge on any atom is -0.491 e. The number of amidine groups is 1. The van der Waals surface area contributed by atoms with Crippen LogP contribution in [0.4, 0.5) is 0 Å². The number of aliphatic imine (C=N–C) groups is 2. The zero-order valence-corrected chi connectivity index (χ0v) is 28.5. The lowest BCUT2D eigenvalue weighted by Gasteiger charge is -2.24. The molecular formula is C34H54N6O5. The summed E-state index contributed by atoms with van der Waals surface area (Å²) < 4.78 is 17.4. The number of amides is 2. The number of ether oxygens (including phenoxy) is 3. The molecule has 1 aliphatic rings. The van der Waals surface area contributed by atoms with Crippen LogP contribution in [0, 0.1) is 0 Å². The highest BCUT2D eigenvalue weighted by Crippen LogP contribution is 2.19. The Balaban J connectivity index is 0.00000496. The van der Waals surface area contributed by atoms with Crippen molar-refractivity contribution in [3.63, 3.8) is 0 Å². The summed E-state index contributed by atoms with van der Waals surface area (Å²) in [4.78, 5) is 38.6. The Morgan fingerprint density at radius 3 is 2.60 bits per heavy atom. The van der Waals surface area contributed by atoms with Crippen molar-refractivity contribution in [3.8, 4) is 5.75 Å². The van der Waals surface area contributed by atoms with Crippen molar-refractivity contribution in [1.29, 1.82) is 0 Å². The van der Waals surface area contributed by atoms with E-state index in [0.717, 1.165) is 39.1 Å². The average molecular weight is 627 g/mol. The molecule has 1 aromatic rings. The number of nitrogens with zero attached hydrogens (tertiary/aromatic N) is 4. The summed E-state index contributed by atoms with van der Waals surface area (Å²) >= 11 is 0. The fourth-order valence-corrected chi connectivity index (χ4v) is 4.13. The Bertz CT molecular complexity index is 1170. The highest BCUT2D eigenvalue weighted by molar-refractivity contribution is 6.05. The maximum Gasteiger partial charge on any atom is 0.299 e. The molecule has 1 aromatic carbocycles. The highest BCUT2D eigenvalue weighted by atomic mass is 16.5. The number of hydrogen-bond donors (Lipinski definition) is 2. The van der Waals surface area contributed by atoms with Gasteiger partial charge < -0.3 is 29.7 Å². The van der Waals surface area contributed by atoms with Gasteiger partial charge in [-0.1, -0.05) is 26.8 Å². The maximum absolute atomic E-state index is 13.6. The second kappa shape index (κ2) is 23.4. The number of benzene rings is 1. The summed E-state index contributed by atoms with van der Waals surface area (Å²) in [6, 6.07) is 7.01. The first-order valence-electron chi connectivity index (χ1n) is 15.9. The molecule has 0 spiro atoms. The number of allylic oxidation sites excluding steroid dienone is 3. The number of rotatable bonds is 16. The molecule has 250 valence electrons. The number of carbonyl (C=O) groups excluding carboxylic acids is 2. The van der Waals surface area contributed by atoms with Crippen molar-refractivity contribution in [2.24, 2.45) is 9.98 Å². The van der Waals surface area contributed by atoms with Crippen molar-refractivity contribution in [3.05, 3.63) is 65.8 Å². The normalized spacial score (nSPS) is 15.6. The number of hydrogen-bond acceptors (Lipinski definition) is 9. The van der Waals surface area contributed by atoms with Crippen molar-refractivity contribution in [2.75, 3.05) is 53.5 Å². The van der Waals surface area contributed by atoms with Crippen molar-refractivity contribution >= 4 is 24.1 Å². The molecule has 0 aliphatic carbocycles. The molecule has 2 rings (SSSR count). The summed E-state index contributed by atoms with van der Waals surface area (Å²) in [5, 5.41) is 5.89. The number of likely N-dealkylation sites (N-methyl/N-ethyl adjacent to an activating group) is 2. The van der Waals surface area contributed by atoms with Gasteiger partial charge in [-0.2, -0.15) is 0 Å². The minimum atomic E-state index is -0.485. The Morgan fingerprint density at radius 2 is 1.98 bits per heavy atom. The highest BCUT2D eigenvalue weighted by Gasteiger charge is 2.25. The van der Waals surface area contributed by atoms with E-state index in [0.29, 0.717) is 36.6 Å². The van der Waals surface area contributed by atoms with E-state index in [4.69, 9.17) is 14.2 Å². The summed E-state index contributed by atoms with van der Waals surface area (Å²) in [5.41, 5.74) is 0.945. The third kappa shape index (κ3) is 14.6. The van der Waals surface area contributed by atoms with Gasteiger partial charge in [0.25, 0.3) is 17.8 Å². The van der Waals surface area contributed by atoms with Crippen LogP contribution in [0.2, 0.25) is 0 Å². The quantitative estimate of drug-likeness (QED) is 0.113. The SMILES string of the molecule is C/C=C(\OC(=NC)N(CCC)C(=O)c1cccc(OCC2CCCO2)c1)C(=O)N/C(C)=C/N=C/C=C/N(CC)CCNC.CC. The van der Waals surface area contributed by atoms with Crippen LogP contribution in [0.1, 0.15) is 71.2 Å². The summed E-state index contributed by atoms with van der Waals surface area (Å²) in [7, 11) is 3.44. The molecule has 0 aromatic heterocycles. The van der Waals surface area contributed by atoms with Gasteiger partial charge in [-0.05, 0) is 77.4 Å². The van der Waals surface area contributed by atoms with Crippen LogP contribution in [0.3, 0.4) is 0 Å². The first-order valence-corrected chi connectivity index (χ1v) is 15.9. The van der Waals surface area contributed by atoms with Crippen LogP contribution in [0.15, 0.2) is 70.3 Å². The van der Waals surface area contributed by atoms with Gasteiger partial charge in [-0.25, -0.2) is 4.99 Å².